The number of fused-ring (bicyclic) bond motifs is 1. The van der Waals surface area contributed by atoms with Gasteiger partial charge in [-0.2, -0.15) is 5.26 Å². The van der Waals surface area contributed by atoms with Crippen molar-refractivity contribution in [1.82, 2.24) is 0 Å². The molecule has 1 heterocycles. The first-order valence-electron chi connectivity index (χ1n) is 8.33. The molecule has 0 saturated heterocycles. The number of hydrogen-bond donors (Lipinski definition) is 0. The molecule has 1 aliphatic rings. The molecule has 0 saturated carbocycles. The molecule has 0 N–H and O–H groups in total. The van der Waals surface area contributed by atoms with Gasteiger partial charge in [-0.05, 0) is 48.3 Å². The molecule has 130 valence electrons. The second-order valence-electron chi connectivity index (χ2n) is 7.53. The lowest BCUT2D eigenvalue weighted by molar-refractivity contribution is 0.218. The van der Waals surface area contributed by atoms with Crippen molar-refractivity contribution in [1.29, 1.82) is 5.26 Å². The van der Waals surface area contributed by atoms with Crippen LogP contribution in [0, 0.1) is 22.7 Å². The van der Waals surface area contributed by atoms with Crippen LogP contribution in [0.4, 0.5) is 5.00 Å². The van der Waals surface area contributed by atoms with E-state index in [1.165, 1.54) is 10.4 Å². The summed E-state index contributed by atoms with van der Waals surface area (Å²) in [7, 11) is 0. The first-order chi connectivity index (χ1) is 11.8. The van der Waals surface area contributed by atoms with Gasteiger partial charge in [0.15, 0.2) is 0 Å². The quantitative estimate of drug-likeness (QED) is 0.517. The minimum absolute atomic E-state index is 0.286. The third kappa shape index (κ3) is 3.92. The summed E-state index contributed by atoms with van der Waals surface area (Å²) in [6.07, 6.45) is 4.86. The third-order valence-electron chi connectivity index (χ3n) is 4.87. The zero-order valence-electron chi connectivity index (χ0n) is 14.6. The Morgan fingerprint density at radius 2 is 2.08 bits per heavy atom. The third-order valence-corrected chi connectivity index (χ3v) is 6.59. The van der Waals surface area contributed by atoms with E-state index in [4.69, 9.17) is 23.2 Å². The van der Waals surface area contributed by atoms with Gasteiger partial charge in [-0.1, -0.05) is 50.0 Å². The van der Waals surface area contributed by atoms with Gasteiger partial charge in [0, 0.05) is 21.7 Å². The van der Waals surface area contributed by atoms with Gasteiger partial charge in [0.25, 0.3) is 0 Å². The van der Waals surface area contributed by atoms with E-state index in [9.17, 15) is 5.26 Å². The van der Waals surface area contributed by atoms with Crippen LogP contribution in [0.2, 0.25) is 10.0 Å². The molecule has 1 atom stereocenters. The normalized spacial score (nSPS) is 17.5. The number of nitrogens with zero attached hydrogens (tertiary/aromatic N) is 2. The molecule has 0 spiro atoms. The molecule has 0 aliphatic heterocycles. The summed E-state index contributed by atoms with van der Waals surface area (Å²) in [6.45, 7) is 6.88. The number of thiophene rings is 1. The summed E-state index contributed by atoms with van der Waals surface area (Å²) in [5, 5.41) is 11.6. The average Bonchev–Trinajstić information content (AvgIpc) is 2.89. The first-order valence-corrected chi connectivity index (χ1v) is 9.90. The van der Waals surface area contributed by atoms with Crippen LogP contribution in [0.15, 0.2) is 23.2 Å². The Balaban J connectivity index is 1.92. The smallest absolute Gasteiger partial charge is 0.134 e. The molecule has 0 bridgehead atoms. The van der Waals surface area contributed by atoms with Gasteiger partial charge in [0.05, 0.1) is 10.6 Å². The monoisotopic (exact) mass is 390 g/mol. The molecule has 0 amide bonds. The summed E-state index contributed by atoms with van der Waals surface area (Å²) in [6, 6.07) is 7.68. The molecular weight excluding hydrogens is 371 g/mol. The van der Waals surface area contributed by atoms with E-state index in [0.29, 0.717) is 16.0 Å². The van der Waals surface area contributed by atoms with Crippen molar-refractivity contribution in [2.45, 2.75) is 40.0 Å². The van der Waals surface area contributed by atoms with E-state index >= 15 is 0 Å². The van der Waals surface area contributed by atoms with E-state index in [2.05, 4.69) is 31.8 Å². The highest BCUT2D eigenvalue weighted by Gasteiger charge is 2.32. The molecule has 25 heavy (non-hydrogen) atoms. The predicted molar refractivity (Wildman–Crippen MR) is 108 cm³/mol. The molecule has 1 aromatic heterocycles. The fourth-order valence-corrected chi connectivity index (χ4v) is 4.93. The standard InChI is InChI=1S/C20H20Cl2N2S/c1-20(2,3)13-5-7-15-16(10-23)19(25-18(15)8-13)24-11-12-4-6-14(21)9-17(12)22/h4,6,9,11,13H,5,7-8H2,1-3H3/t13-/m1/s1. The summed E-state index contributed by atoms with van der Waals surface area (Å²) in [5.74, 6) is 0.646. The van der Waals surface area contributed by atoms with Crippen LogP contribution >= 0.6 is 34.5 Å². The summed E-state index contributed by atoms with van der Waals surface area (Å²) in [4.78, 5) is 5.89. The van der Waals surface area contributed by atoms with Crippen molar-refractivity contribution in [3.63, 3.8) is 0 Å². The minimum atomic E-state index is 0.286. The van der Waals surface area contributed by atoms with E-state index in [0.717, 1.165) is 35.4 Å². The van der Waals surface area contributed by atoms with E-state index < -0.39 is 0 Å². The molecule has 1 aliphatic carbocycles. The average molecular weight is 391 g/mol. The number of benzene rings is 1. The van der Waals surface area contributed by atoms with Gasteiger partial charge in [-0.15, -0.1) is 11.3 Å². The molecule has 2 aromatic rings. The predicted octanol–water partition coefficient (Wildman–Crippen LogP) is 6.83. The lowest BCUT2D eigenvalue weighted by atomic mass is 9.72. The summed E-state index contributed by atoms with van der Waals surface area (Å²) < 4.78 is 0. The number of rotatable bonds is 2. The Labute approximate surface area is 163 Å². The number of hydrogen-bond acceptors (Lipinski definition) is 3. The molecule has 0 unspecified atom stereocenters. The van der Waals surface area contributed by atoms with E-state index in [1.807, 2.05) is 6.07 Å². The van der Waals surface area contributed by atoms with Gasteiger partial charge in [0.1, 0.15) is 11.1 Å². The zero-order chi connectivity index (χ0) is 18.2. The van der Waals surface area contributed by atoms with Crippen molar-refractivity contribution in [2.24, 2.45) is 16.3 Å². The van der Waals surface area contributed by atoms with Crippen LogP contribution in [0.3, 0.4) is 0 Å². The second kappa shape index (κ2) is 7.11. The Morgan fingerprint density at radius 1 is 1.32 bits per heavy atom. The molecular formula is C20H20Cl2N2S. The molecule has 0 fully saturated rings. The highest BCUT2D eigenvalue weighted by molar-refractivity contribution is 7.16. The molecule has 5 heteroatoms. The van der Waals surface area contributed by atoms with Crippen molar-refractivity contribution in [2.75, 3.05) is 0 Å². The minimum Gasteiger partial charge on any atom is -0.244 e. The Kier molecular flexibility index (Phi) is 5.25. The topological polar surface area (TPSA) is 36.1 Å². The molecule has 0 radical (unpaired) electrons. The van der Waals surface area contributed by atoms with Crippen molar-refractivity contribution in [3.8, 4) is 6.07 Å². The molecule has 2 nitrogen and oxygen atoms in total. The maximum absolute atomic E-state index is 9.62. The van der Waals surface area contributed by atoms with Gasteiger partial charge in [-0.25, -0.2) is 4.99 Å². The number of halogens is 2. The van der Waals surface area contributed by atoms with E-state index in [1.54, 1.807) is 29.7 Å². The molecule has 1 aromatic carbocycles. The first kappa shape index (κ1) is 18.5. The second-order valence-corrected chi connectivity index (χ2v) is 9.45. The highest BCUT2D eigenvalue weighted by Crippen LogP contribution is 2.44. The van der Waals surface area contributed by atoms with Crippen molar-refractivity contribution < 1.29 is 0 Å². The number of aliphatic imine (C=N–C) groups is 1. The molecule has 3 rings (SSSR count). The van der Waals surface area contributed by atoms with Crippen molar-refractivity contribution in [3.05, 3.63) is 49.8 Å². The number of nitriles is 1. The highest BCUT2D eigenvalue weighted by atomic mass is 35.5. The fraction of sp³-hybridized carbons (Fsp3) is 0.400. The Hall–Kier alpha value is -1.34. The Bertz CT molecular complexity index is 869. The van der Waals surface area contributed by atoms with Crippen LogP contribution in [-0.2, 0) is 12.8 Å². The summed E-state index contributed by atoms with van der Waals surface area (Å²) >= 11 is 13.8. The summed E-state index contributed by atoms with van der Waals surface area (Å²) in [5.41, 5.74) is 3.01. The Morgan fingerprint density at radius 3 is 2.72 bits per heavy atom. The van der Waals surface area contributed by atoms with Crippen LogP contribution in [-0.4, -0.2) is 6.21 Å². The van der Waals surface area contributed by atoms with Gasteiger partial charge in [-0.3, -0.25) is 0 Å². The lowest BCUT2D eigenvalue weighted by Gasteiger charge is -2.33. The lowest BCUT2D eigenvalue weighted by Crippen LogP contribution is -2.26. The maximum Gasteiger partial charge on any atom is 0.134 e. The van der Waals surface area contributed by atoms with Gasteiger partial charge in [0.2, 0.25) is 0 Å². The van der Waals surface area contributed by atoms with E-state index in [-0.39, 0.29) is 5.41 Å². The SMILES string of the molecule is CC(C)(C)[C@@H]1CCc2c(sc(N=Cc3ccc(Cl)cc3Cl)c2C#N)C1. The van der Waals surface area contributed by atoms with Gasteiger partial charge >= 0.3 is 0 Å². The maximum atomic E-state index is 9.62. The zero-order valence-corrected chi connectivity index (χ0v) is 16.9. The van der Waals surface area contributed by atoms with Gasteiger partial charge < -0.3 is 0 Å². The van der Waals surface area contributed by atoms with Crippen LogP contribution in [0.5, 0.6) is 0 Å². The van der Waals surface area contributed by atoms with Crippen LogP contribution in [0.1, 0.15) is 48.8 Å². The van der Waals surface area contributed by atoms with Crippen LogP contribution < -0.4 is 0 Å². The van der Waals surface area contributed by atoms with Crippen molar-refractivity contribution >= 4 is 45.8 Å². The van der Waals surface area contributed by atoms with Crippen LogP contribution in [0.25, 0.3) is 0 Å². The fourth-order valence-electron chi connectivity index (χ4n) is 3.25. The largest absolute Gasteiger partial charge is 0.244 e.